The summed E-state index contributed by atoms with van der Waals surface area (Å²) in [5, 5.41) is 3.11. The molecule has 0 bridgehead atoms. The average molecular weight is 339 g/mol. The molecule has 1 aliphatic rings. The smallest absolute Gasteiger partial charge is 0.251 e. The maximum Gasteiger partial charge on any atom is 0.251 e. The van der Waals surface area contributed by atoms with Gasteiger partial charge in [0, 0.05) is 16.6 Å². The topological polar surface area (TPSA) is 32.3 Å². The molecule has 4 heteroatoms. The first-order valence-electron chi connectivity index (χ1n) is 7.13. The summed E-state index contributed by atoms with van der Waals surface area (Å²) < 4.78 is 0.982. The second kappa shape index (κ2) is 6.27. The molecule has 0 saturated carbocycles. The van der Waals surface area contributed by atoms with Crippen LogP contribution in [-0.4, -0.2) is 37.5 Å². The summed E-state index contributed by atoms with van der Waals surface area (Å²) in [5.74, 6) is 0.0314. The van der Waals surface area contributed by atoms with Gasteiger partial charge in [0.25, 0.3) is 5.91 Å². The fourth-order valence-electron chi connectivity index (χ4n) is 2.58. The molecule has 1 N–H and O–H groups in total. The van der Waals surface area contributed by atoms with Crippen molar-refractivity contribution in [2.75, 3.05) is 26.7 Å². The fourth-order valence-corrected chi connectivity index (χ4v) is 2.94. The zero-order valence-electron chi connectivity index (χ0n) is 12.5. The van der Waals surface area contributed by atoms with Crippen LogP contribution in [0, 0.1) is 12.3 Å². The molecule has 1 saturated heterocycles. The molecule has 0 aromatic heterocycles. The summed E-state index contributed by atoms with van der Waals surface area (Å²) in [6.45, 7) is 7.22. The van der Waals surface area contributed by atoms with Crippen LogP contribution in [0.4, 0.5) is 0 Å². The van der Waals surface area contributed by atoms with Crippen LogP contribution in [0.2, 0.25) is 0 Å². The Labute approximate surface area is 129 Å². The van der Waals surface area contributed by atoms with E-state index in [0.29, 0.717) is 0 Å². The van der Waals surface area contributed by atoms with Crippen molar-refractivity contribution < 1.29 is 4.79 Å². The van der Waals surface area contributed by atoms with Crippen LogP contribution >= 0.6 is 15.9 Å². The highest BCUT2D eigenvalue weighted by Gasteiger charge is 2.29. The number of hydrogen-bond donors (Lipinski definition) is 1. The molecule has 3 nitrogen and oxygen atoms in total. The van der Waals surface area contributed by atoms with Crippen LogP contribution in [0.25, 0.3) is 0 Å². The number of benzene rings is 1. The van der Waals surface area contributed by atoms with E-state index in [1.807, 2.05) is 25.1 Å². The predicted molar refractivity (Wildman–Crippen MR) is 86.1 cm³/mol. The molecule has 1 aromatic rings. The van der Waals surface area contributed by atoms with E-state index in [2.05, 4.69) is 40.1 Å². The molecule has 0 unspecified atom stereocenters. The molecular formula is C16H23BrN2O. The van der Waals surface area contributed by atoms with Crippen LogP contribution in [0.15, 0.2) is 22.7 Å². The van der Waals surface area contributed by atoms with E-state index in [-0.39, 0.29) is 11.3 Å². The molecule has 0 spiro atoms. The predicted octanol–water partition coefficient (Wildman–Crippen LogP) is 3.22. The van der Waals surface area contributed by atoms with Crippen LogP contribution in [-0.2, 0) is 0 Å². The van der Waals surface area contributed by atoms with Gasteiger partial charge in [-0.25, -0.2) is 0 Å². The Hall–Kier alpha value is -0.870. The molecule has 1 aromatic carbocycles. The molecule has 20 heavy (non-hydrogen) atoms. The number of carbonyl (C=O) groups excluding carboxylic acids is 1. The van der Waals surface area contributed by atoms with Gasteiger partial charge in [0.05, 0.1) is 0 Å². The molecule has 110 valence electrons. The molecule has 1 fully saturated rings. The van der Waals surface area contributed by atoms with Crippen LogP contribution in [0.1, 0.15) is 35.7 Å². The lowest BCUT2D eigenvalue weighted by atomic mass is 9.80. The summed E-state index contributed by atoms with van der Waals surface area (Å²) in [7, 11) is 2.16. The molecule has 0 atom stereocenters. The van der Waals surface area contributed by atoms with Crippen molar-refractivity contribution in [2.24, 2.45) is 5.41 Å². The monoisotopic (exact) mass is 338 g/mol. The maximum atomic E-state index is 12.3. The SMILES string of the molecule is Cc1c(Br)cccc1C(=O)NCC1(C)CCN(C)CC1. The minimum atomic E-state index is 0.0314. The van der Waals surface area contributed by atoms with Gasteiger partial charge in [0.15, 0.2) is 0 Å². The lowest BCUT2D eigenvalue weighted by Gasteiger charge is -2.38. The Morgan fingerprint density at radius 1 is 1.40 bits per heavy atom. The molecule has 1 heterocycles. The van der Waals surface area contributed by atoms with Crippen molar-refractivity contribution in [1.82, 2.24) is 10.2 Å². The van der Waals surface area contributed by atoms with Gasteiger partial charge in [-0.15, -0.1) is 0 Å². The number of nitrogens with one attached hydrogen (secondary N) is 1. The Bertz CT molecular complexity index is 493. The van der Waals surface area contributed by atoms with E-state index in [0.717, 1.165) is 48.1 Å². The van der Waals surface area contributed by atoms with Crippen LogP contribution in [0.3, 0.4) is 0 Å². The largest absolute Gasteiger partial charge is 0.351 e. The number of likely N-dealkylation sites (tertiary alicyclic amines) is 1. The molecular weight excluding hydrogens is 316 g/mol. The van der Waals surface area contributed by atoms with Gasteiger partial charge < -0.3 is 10.2 Å². The number of piperidine rings is 1. The van der Waals surface area contributed by atoms with Crippen LogP contribution < -0.4 is 5.32 Å². The summed E-state index contributed by atoms with van der Waals surface area (Å²) >= 11 is 3.47. The molecule has 2 rings (SSSR count). The highest BCUT2D eigenvalue weighted by Crippen LogP contribution is 2.29. The minimum Gasteiger partial charge on any atom is -0.351 e. The van der Waals surface area contributed by atoms with Crippen molar-refractivity contribution in [3.8, 4) is 0 Å². The van der Waals surface area contributed by atoms with Gasteiger partial charge in [-0.05, 0) is 63.0 Å². The molecule has 1 aliphatic heterocycles. The summed E-state index contributed by atoms with van der Waals surface area (Å²) in [6.07, 6.45) is 2.28. The first-order chi connectivity index (χ1) is 9.41. The van der Waals surface area contributed by atoms with Gasteiger partial charge in [-0.3, -0.25) is 4.79 Å². The highest BCUT2D eigenvalue weighted by molar-refractivity contribution is 9.10. The Morgan fingerprint density at radius 3 is 2.70 bits per heavy atom. The first kappa shape index (κ1) is 15.5. The number of amides is 1. The third kappa shape index (κ3) is 3.61. The van der Waals surface area contributed by atoms with Crippen molar-refractivity contribution in [3.05, 3.63) is 33.8 Å². The van der Waals surface area contributed by atoms with Crippen molar-refractivity contribution in [2.45, 2.75) is 26.7 Å². The Morgan fingerprint density at radius 2 is 2.05 bits per heavy atom. The number of halogens is 1. The summed E-state index contributed by atoms with van der Waals surface area (Å²) in [5.41, 5.74) is 1.98. The van der Waals surface area contributed by atoms with E-state index in [1.165, 1.54) is 0 Å². The van der Waals surface area contributed by atoms with E-state index in [4.69, 9.17) is 0 Å². The number of nitrogens with zero attached hydrogens (tertiary/aromatic N) is 1. The molecule has 1 amide bonds. The number of hydrogen-bond acceptors (Lipinski definition) is 2. The second-order valence-electron chi connectivity index (χ2n) is 6.21. The van der Waals surface area contributed by atoms with Crippen molar-refractivity contribution in [1.29, 1.82) is 0 Å². The van der Waals surface area contributed by atoms with Gasteiger partial charge in [-0.2, -0.15) is 0 Å². The average Bonchev–Trinajstić information content (AvgIpc) is 2.43. The third-order valence-corrected chi connectivity index (χ3v) is 5.24. The zero-order valence-corrected chi connectivity index (χ0v) is 14.1. The van der Waals surface area contributed by atoms with Crippen LogP contribution in [0.5, 0.6) is 0 Å². The van der Waals surface area contributed by atoms with E-state index < -0.39 is 0 Å². The van der Waals surface area contributed by atoms with E-state index in [9.17, 15) is 4.79 Å². The lowest BCUT2D eigenvalue weighted by Crippen LogP contribution is -2.43. The maximum absolute atomic E-state index is 12.3. The zero-order chi connectivity index (χ0) is 14.8. The molecule has 0 aliphatic carbocycles. The normalized spacial score (nSPS) is 18.8. The number of rotatable bonds is 3. The number of carbonyl (C=O) groups is 1. The van der Waals surface area contributed by atoms with E-state index >= 15 is 0 Å². The van der Waals surface area contributed by atoms with Gasteiger partial charge in [-0.1, -0.05) is 28.9 Å². The first-order valence-corrected chi connectivity index (χ1v) is 7.92. The Kier molecular flexibility index (Phi) is 4.86. The van der Waals surface area contributed by atoms with Gasteiger partial charge in [0.2, 0.25) is 0 Å². The third-order valence-electron chi connectivity index (χ3n) is 4.38. The molecule has 0 radical (unpaired) electrons. The van der Waals surface area contributed by atoms with E-state index in [1.54, 1.807) is 0 Å². The van der Waals surface area contributed by atoms with Crippen molar-refractivity contribution in [3.63, 3.8) is 0 Å². The van der Waals surface area contributed by atoms with Gasteiger partial charge >= 0.3 is 0 Å². The Balaban J connectivity index is 1.97. The summed E-state index contributed by atoms with van der Waals surface area (Å²) in [4.78, 5) is 14.7. The standard InChI is InChI=1S/C16H23BrN2O/c1-12-13(5-4-6-14(12)17)15(20)18-11-16(2)7-9-19(3)10-8-16/h4-6H,7-11H2,1-3H3,(H,18,20). The second-order valence-corrected chi connectivity index (χ2v) is 7.06. The minimum absolute atomic E-state index is 0.0314. The quantitative estimate of drug-likeness (QED) is 0.917. The van der Waals surface area contributed by atoms with Crippen molar-refractivity contribution >= 4 is 21.8 Å². The fraction of sp³-hybridized carbons (Fsp3) is 0.562. The summed E-state index contributed by atoms with van der Waals surface area (Å²) in [6, 6.07) is 5.75. The lowest BCUT2D eigenvalue weighted by molar-refractivity contribution is 0.0891. The highest BCUT2D eigenvalue weighted by atomic mass is 79.9. The van der Waals surface area contributed by atoms with Gasteiger partial charge in [0.1, 0.15) is 0 Å².